The molecule has 0 amide bonds. The predicted octanol–water partition coefficient (Wildman–Crippen LogP) is 4.23. The predicted molar refractivity (Wildman–Crippen MR) is 86.4 cm³/mol. The summed E-state index contributed by atoms with van der Waals surface area (Å²) in [5.74, 6) is 0.149. The van der Waals surface area contributed by atoms with Crippen LogP contribution in [0.1, 0.15) is 5.56 Å². The second-order valence-electron chi connectivity index (χ2n) is 4.17. The van der Waals surface area contributed by atoms with Crippen LogP contribution in [0.4, 0.5) is 5.69 Å². The first-order valence-corrected chi connectivity index (χ1v) is 6.91. The fourth-order valence-corrected chi connectivity index (χ4v) is 2.31. The smallest absolute Gasteiger partial charge is 0.198 e. The highest BCUT2D eigenvalue weighted by molar-refractivity contribution is 14.1. The van der Waals surface area contributed by atoms with Gasteiger partial charge in [0.1, 0.15) is 0 Å². The average Bonchev–Trinajstić information content (AvgIpc) is 2.74. The maximum Gasteiger partial charge on any atom is 0.198 e. The minimum Gasteiger partial charge on any atom is -0.494 e. The summed E-state index contributed by atoms with van der Waals surface area (Å²) in [5.41, 5.74) is 2.49. The van der Waals surface area contributed by atoms with Crippen LogP contribution in [0.15, 0.2) is 53.5 Å². The van der Waals surface area contributed by atoms with E-state index in [1.807, 2.05) is 48.5 Å². The van der Waals surface area contributed by atoms with E-state index >= 15 is 0 Å². The van der Waals surface area contributed by atoms with Crippen LogP contribution in [0.2, 0.25) is 0 Å². The van der Waals surface area contributed by atoms with Gasteiger partial charge in [0.2, 0.25) is 0 Å². The molecule has 0 atom stereocenters. The van der Waals surface area contributed by atoms with Crippen molar-refractivity contribution < 1.29 is 5.11 Å². The quantitative estimate of drug-likeness (QED) is 0.520. The summed E-state index contributed by atoms with van der Waals surface area (Å²) in [4.78, 5) is 7.33. The van der Waals surface area contributed by atoms with Gasteiger partial charge in [-0.3, -0.25) is 4.99 Å². The molecule has 0 spiro atoms. The zero-order valence-corrected chi connectivity index (χ0v) is 12.1. The third-order valence-electron chi connectivity index (χ3n) is 2.89. The Morgan fingerprint density at radius 2 is 1.79 bits per heavy atom. The molecule has 1 heterocycles. The fraction of sp³-hybridized carbons (Fsp3) is 0. The Hall–Kier alpha value is -1.82. The lowest BCUT2D eigenvalue weighted by atomic mass is 10.2. The highest BCUT2D eigenvalue weighted by atomic mass is 127. The summed E-state index contributed by atoms with van der Waals surface area (Å²) in [6, 6.07) is 15.7. The number of para-hydroxylation sites is 1. The number of nitrogens with one attached hydrogen (secondary N) is 1. The van der Waals surface area contributed by atoms with Gasteiger partial charge in [-0.05, 0) is 52.9 Å². The van der Waals surface area contributed by atoms with E-state index in [0.717, 1.165) is 16.6 Å². The maximum atomic E-state index is 9.91. The molecule has 0 fully saturated rings. The number of nitrogens with zero attached hydrogens (tertiary/aromatic N) is 1. The third-order valence-corrected chi connectivity index (χ3v) is 3.61. The number of aromatic amines is 1. The Morgan fingerprint density at radius 3 is 2.58 bits per heavy atom. The van der Waals surface area contributed by atoms with Crippen LogP contribution in [0.3, 0.4) is 0 Å². The van der Waals surface area contributed by atoms with Gasteiger partial charge in [0, 0.05) is 20.7 Å². The number of aromatic hydroxyl groups is 1. The molecule has 1 aromatic heterocycles. The van der Waals surface area contributed by atoms with Crippen molar-refractivity contribution in [1.82, 2.24) is 4.98 Å². The number of fused-ring (bicyclic) bond motifs is 1. The normalized spacial score (nSPS) is 11.4. The summed E-state index contributed by atoms with van der Waals surface area (Å²) in [6.07, 6.45) is 1.69. The van der Waals surface area contributed by atoms with Crippen molar-refractivity contribution in [1.29, 1.82) is 0 Å². The number of aromatic nitrogens is 1. The van der Waals surface area contributed by atoms with Gasteiger partial charge in [0.25, 0.3) is 0 Å². The van der Waals surface area contributed by atoms with Gasteiger partial charge in [0.15, 0.2) is 5.88 Å². The first-order valence-electron chi connectivity index (χ1n) is 5.83. The highest BCUT2D eigenvalue weighted by Gasteiger charge is 2.07. The number of benzene rings is 2. The summed E-state index contributed by atoms with van der Waals surface area (Å²) in [5, 5.41) is 10.9. The number of hydrogen-bond donors (Lipinski definition) is 2. The zero-order valence-electron chi connectivity index (χ0n) is 9.97. The molecule has 19 heavy (non-hydrogen) atoms. The van der Waals surface area contributed by atoms with Crippen molar-refractivity contribution in [2.75, 3.05) is 0 Å². The van der Waals surface area contributed by atoms with Crippen molar-refractivity contribution >= 4 is 45.4 Å². The van der Waals surface area contributed by atoms with Crippen LogP contribution in [0, 0.1) is 3.57 Å². The summed E-state index contributed by atoms with van der Waals surface area (Å²) >= 11 is 2.26. The van der Waals surface area contributed by atoms with E-state index in [4.69, 9.17) is 0 Å². The van der Waals surface area contributed by atoms with Gasteiger partial charge < -0.3 is 10.1 Å². The lowest BCUT2D eigenvalue weighted by Crippen LogP contribution is -1.78. The monoisotopic (exact) mass is 362 g/mol. The van der Waals surface area contributed by atoms with Gasteiger partial charge in [-0.25, -0.2) is 0 Å². The topological polar surface area (TPSA) is 48.4 Å². The van der Waals surface area contributed by atoms with E-state index in [1.54, 1.807) is 6.21 Å². The van der Waals surface area contributed by atoms with E-state index in [9.17, 15) is 5.11 Å². The zero-order chi connectivity index (χ0) is 13.2. The number of halogens is 1. The molecule has 0 bridgehead atoms. The molecule has 4 heteroatoms. The molecule has 0 aliphatic carbocycles. The van der Waals surface area contributed by atoms with Crippen LogP contribution in [0.5, 0.6) is 5.88 Å². The molecule has 3 aromatic rings. The molecule has 94 valence electrons. The Balaban J connectivity index is 2.01. The van der Waals surface area contributed by atoms with Crippen LogP contribution in [-0.4, -0.2) is 16.3 Å². The molecule has 0 saturated heterocycles. The first kappa shape index (κ1) is 12.2. The van der Waals surface area contributed by atoms with E-state index in [2.05, 4.69) is 32.6 Å². The van der Waals surface area contributed by atoms with Crippen LogP contribution >= 0.6 is 22.6 Å². The molecular weight excluding hydrogens is 351 g/mol. The van der Waals surface area contributed by atoms with Gasteiger partial charge in [-0.15, -0.1) is 0 Å². The second-order valence-corrected chi connectivity index (χ2v) is 5.41. The van der Waals surface area contributed by atoms with Crippen LogP contribution < -0.4 is 0 Å². The van der Waals surface area contributed by atoms with Crippen molar-refractivity contribution in [2.24, 2.45) is 4.99 Å². The van der Waals surface area contributed by atoms with Gasteiger partial charge in [-0.2, -0.15) is 0 Å². The lowest BCUT2D eigenvalue weighted by molar-refractivity contribution is 0.457. The van der Waals surface area contributed by atoms with Crippen LogP contribution in [0.25, 0.3) is 10.9 Å². The molecule has 3 nitrogen and oxygen atoms in total. The molecule has 2 N–H and O–H groups in total. The molecule has 0 saturated carbocycles. The van der Waals surface area contributed by atoms with E-state index in [0.29, 0.717) is 5.56 Å². The maximum absolute atomic E-state index is 9.91. The molecule has 0 unspecified atom stereocenters. The fourth-order valence-electron chi connectivity index (χ4n) is 1.95. The standard InChI is InChI=1S/C15H11IN2O/c16-10-5-7-11(8-6-10)17-9-13-12-3-1-2-4-14(12)18-15(13)19/h1-9,18-19H. The highest BCUT2D eigenvalue weighted by Crippen LogP contribution is 2.26. The average molecular weight is 362 g/mol. The molecule has 0 aliphatic rings. The summed E-state index contributed by atoms with van der Waals surface area (Å²) in [6.45, 7) is 0. The van der Waals surface area contributed by atoms with E-state index in [1.165, 1.54) is 3.57 Å². The molecule has 2 aromatic carbocycles. The van der Waals surface area contributed by atoms with E-state index in [-0.39, 0.29) is 5.88 Å². The second kappa shape index (κ2) is 5.05. The van der Waals surface area contributed by atoms with Gasteiger partial charge >= 0.3 is 0 Å². The number of rotatable bonds is 2. The first-order chi connectivity index (χ1) is 9.24. The largest absolute Gasteiger partial charge is 0.494 e. The van der Waals surface area contributed by atoms with Crippen molar-refractivity contribution in [2.45, 2.75) is 0 Å². The van der Waals surface area contributed by atoms with Gasteiger partial charge in [-0.1, -0.05) is 18.2 Å². The minimum atomic E-state index is 0.149. The minimum absolute atomic E-state index is 0.149. The number of hydrogen-bond acceptors (Lipinski definition) is 2. The van der Waals surface area contributed by atoms with Gasteiger partial charge in [0.05, 0.1) is 11.3 Å². The Kier molecular flexibility index (Phi) is 3.25. The Morgan fingerprint density at radius 1 is 1.05 bits per heavy atom. The Labute approximate surface area is 124 Å². The number of aliphatic imine (C=N–C) groups is 1. The van der Waals surface area contributed by atoms with Crippen molar-refractivity contribution in [3.05, 3.63) is 57.7 Å². The molecule has 0 radical (unpaired) electrons. The summed E-state index contributed by atoms with van der Waals surface area (Å²) in [7, 11) is 0. The Bertz CT molecular complexity index is 744. The molecule has 3 rings (SSSR count). The SMILES string of the molecule is Oc1[nH]c2ccccc2c1C=Nc1ccc(I)cc1. The lowest BCUT2D eigenvalue weighted by Gasteiger charge is -1.94. The molecule has 0 aliphatic heterocycles. The van der Waals surface area contributed by atoms with Crippen LogP contribution in [-0.2, 0) is 0 Å². The number of H-pyrrole nitrogens is 1. The van der Waals surface area contributed by atoms with Crippen molar-refractivity contribution in [3.8, 4) is 5.88 Å². The van der Waals surface area contributed by atoms with E-state index < -0.39 is 0 Å². The molecular formula is C15H11IN2O. The van der Waals surface area contributed by atoms with Crippen molar-refractivity contribution in [3.63, 3.8) is 0 Å². The summed E-state index contributed by atoms with van der Waals surface area (Å²) < 4.78 is 1.17. The third kappa shape index (κ3) is 2.49.